The van der Waals surface area contributed by atoms with Gasteiger partial charge in [0.1, 0.15) is 5.75 Å². The Morgan fingerprint density at radius 2 is 1.72 bits per heavy atom. The van der Waals surface area contributed by atoms with E-state index < -0.39 is 0 Å². The molecule has 2 amide bonds. The number of rotatable bonds is 7. The summed E-state index contributed by atoms with van der Waals surface area (Å²) in [6.45, 7) is 2.64. The third-order valence-electron chi connectivity index (χ3n) is 3.52. The monoisotopic (exact) mass is 341 g/mol. The molecule has 0 spiro atoms. The van der Waals surface area contributed by atoms with Crippen LogP contribution in [0.2, 0.25) is 0 Å². The second-order valence-electron chi connectivity index (χ2n) is 5.60. The van der Waals surface area contributed by atoms with Crippen LogP contribution in [-0.2, 0) is 4.79 Å². The molecule has 0 saturated heterocycles. The first-order valence-electron chi connectivity index (χ1n) is 8.08. The Hall–Kier alpha value is -3.02. The number of anilines is 2. The van der Waals surface area contributed by atoms with E-state index in [9.17, 15) is 9.59 Å². The number of nitrogens with one attached hydrogen (secondary N) is 2. The Balaban J connectivity index is 2.07. The maximum atomic E-state index is 12.5. The molecule has 6 nitrogen and oxygen atoms in total. The van der Waals surface area contributed by atoms with Gasteiger partial charge in [-0.15, -0.1) is 0 Å². The summed E-state index contributed by atoms with van der Waals surface area (Å²) in [6.07, 6.45) is 0. The summed E-state index contributed by atoms with van der Waals surface area (Å²) in [5.41, 5.74) is 1.76. The topological polar surface area (TPSA) is 70.7 Å². The van der Waals surface area contributed by atoms with E-state index >= 15 is 0 Å². The van der Waals surface area contributed by atoms with Crippen LogP contribution in [0.25, 0.3) is 0 Å². The van der Waals surface area contributed by atoms with Crippen LogP contribution in [0.4, 0.5) is 11.4 Å². The first-order chi connectivity index (χ1) is 12.0. The molecule has 6 heteroatoms. The maximum absolute atomic E-state index is 12.5. The van der Waals surface area contributed by atoms with Crippen LogP contribution in [0, 0.1) is 0 Å². The molecule has 2 aromatic carbocycles. The summed E-state index contributed by atoms with van der Waals surface area (Å²) in [6, 6.07) is 14.3. The van der Waals surface area contributed by atoms with Crippen molar-refractivity contribution in [1.29, 1.82) is 0 Å². The van der Waals surface area contributed by atoms with E-state index in [1.165, 1.54) is 4.90 Å². The molecule has 132 valence electrons. The van der Waals surface area contributed by atoms with E-state index in [1.807, 2.05) is 13.0 Å². The predicted octanol–water partition coefficient (Wildman–Crippen LogP) is 2.84. The van der Waals surface area contributed by atoms with Gasteiger partial charge in [0.05, 0.1) is 18.7 Å². The van der Waals surface area contributed by atoms with Crippen LogP contribution < -0.4 is 15.4 Å². The van der Waals surface area contributed by atoms with Gasteiger partial charge in [0.15, 0.2) is 0 Å². The van der Waals surface area contributed by atoms with Crippen molar-refractivity contribution in [1.82, 2.24) is 4.90 Å². The van der Waals surface area contributed by atoms with Crippen molar-refractivity contribution in [2.75, 3.05) is 37.9 Å². The van der Waals surface area contributed by atoms with E-state index in [4.69, 9.17) is 4.74 Å². The number of hydrogen-bond donors (Lipinski definition) is 2. The first-order valence-corrected chi connectivity index (χ1v) is 8.08. The largest absolute Gasteiger partial charge is 0.494 e. The van der Waals surface area contributed by atoms with Gasteiger partial charge in [-0.25, -0.2) is 0 Å². The second-order valence-corrected chi connectivity index (χ2v) is 5.60. The van der Waals surface area contributed by atoms with E-state index in [0.717, 1.165) is 5.75 Å². The maximum Gasteiger partial charge on any atom is 0.257 e. The van der Waals surface area contributed by atoms with Crippen LogP contribution in [-0.4, -0.2) is 44.0 Å². The SMILES string of the molecule is CCOc1ccc(NC(=O)c2ccccc2NCC(=O)N(C)C)cc1. The van der Waals surface area contributed by atoms with Gasteiger partial charge in [-0.2, -0.15) is 0 Å². The van der Waals surface area contributed by atoms with Crippen LogP contribution in [0.5, 0.6) is 5.75 Å². The lowest BCUT2D eigenvalue weighted by atomic mass is 10.1. The summed E-state index contributed by atoms with van der Waals surface area (Å²) in [5.74, 6) is 0.441. The van der Waals surface area contributed by atoms with E-state index in [1.54, 1.807) is 56.6 Å². The number of ether oxygens (including phenoxy) is 1. The quantitative estimate of drug-likeness (QED) is 0.812. The molecular weight excluding hydrogens is 318 g/mol. The molecule has 0 unspecified atom stereocenters. The number of amides is 2. The van der Waals surface area contributed by atoms with Gasteiger partial charge in [-0.1, -0.05) is 12.1 Å². The van der Waals surface area contributed by atoms with Gasteiger partial charge >= 0.3 is 0 Å². The number of carbonyl (C=O) groups is 2. The Kier molecular flexibility index (Phi) is 6.39. The van der Waals surface area contributed by atoms with Gasteiger partial charge in [-0.3, -0.25) is 9.59 Å². The van der Waals surface area contributed by atoms with Crippen LogP contribution in [0.15, 0.2) is 48.5 Å². The van der Waals surface area contributed by atoms with Gasteiger partial charge < -0.3 is 20.3 Å². The van der Waals surface area contributed by atoms with Crippen molar-refractivity contribution < 1.29 is 14.3 Å². The summed E-state index contributed by atoms with van der Waals surface area (Å²) >= 11 is 0. The average molecular weight is 341 g/mol. The molecule has 0 aliphatic rings. The fourth-order valence-corrected chi connectivity index (χ4v) is 2.16. The fraction of sp³-hybridized carbons (Fsp3) is 0.263. The van der Waals surface area contributed by atoms with Crippen LogP contribution in [0.3, 0.4) is 0 Å². The van der Waals surface area contributed by atoms with Gasteiger partial charge in [0, 0.05) is 25.5 Å². The zero-order valence-corrected chi connectivity index (χ0v) is 14.7. The fourth-order valence-electron chi connectivity index (χ4n) is 2.16. The van der Waals surface area contributed by atoms with Crippen molar-refractivity contribution in [2.24, 2.45) is 0 Å². The Morgan fingerprint density at radius 3 is 2.36 bits per heavy atom. The summed E-state index contributed by atoms with van der Waals surface area (Å²) < 4.78 is 5.38. The minimum absolute atomic E-state index is 0.0678. The third-order valence-corrected chi connectivity index (χ3v) is 3.52. The highest BCUT2D eigenvalue weighted by molar-refractivity contribution is 6.08. The number of carbonyl (C=O) groups excluding carboxylic acids is 2. The molecule has 0 fully saturated rings. The van der Waals surface area contributed by atoms with Crippen molar-refractivity contribution in [2.45, 2.75) is 6.92 Å². The Morgan fingerprint density at radius 1 is 1.04 bits per heavy atom. The minimum Gasteiger partial charge on any atom is -0.494 e. The summed E-state index contributed by atoms with van der Waals surface area (Å²) in [5, 5.41) is 5.86. The molecule has 0 aromatic heterocycles. The van der Waals surface area contributed by atoms with Gasteiger partial charge in [0.25, 0.3) is 5.91 Å². The molecule has 0 saturated carbocycles. The average Bonchev–Trinajstić information content (AvgIpc) is 2.61. The normalized spacial score (nSPS) is 10.0. The molecule has 0 bridgehead atoms. The van der Waals surface area contributed by atoms with Crippen molar-refractivity contribution in [3.8, 4) is 5.75 Å². The molecular formula is C19H23N3O3. The predicted molar refractivity (Wildman–Crippen MR) is 99.2 cm³/mol. The Bertz CT molecular complexity index is 727. The smallest absolute Gasteiger partial charge is 0.257 e. The lowest BCUT2D eigenvalue weighted by Gasteiger charge is -2.14. The standard InChI is InChI=1S/C19H23N3O3/c1-4-25-15-11-9-14(10-12-15)21-19(24)16-7-5-6-8-17(16)20-13-18(23)22(2)3/h5-12,20H,4,13H2,1-3H3,(H,21,24). The minimum atomic E-state index is -0.246. The van der Waals surface area contributed by atoms with E-state index in [-0.39, 0.29) is 18.4 Å². The number of likely N-dealkylation sites (N-methyl/N-ethyl adjacent to an activating group) is 1. The zero-order valence-electron chi connectivity index (χ0n) is 14.7. The highest BCUT2D eigenvalue weighted by Crippen LogP contribution is 2.19. The van der Waals surface area contributed by atoms with Gasteiger partial charge in [0.2, 0.25) is 5.91 Å². The van der Waals surface area contributed by atoms with E-state index in [0.29, 0.717) is 23.5 Å². The highest BCUT2D eigenvalue weighted by atomic mass is 16.5. The van der Waals surface area contributed by atoms with Crippen LogP contribution in [0.1, 0.15) is 17.3 Å². The van der Waals surface area contributed by atoms with Crippen molar-refractivity contribution >= 4 is 23.2 Å². The molecule has 0 atom stereocenters. The molecule has 25 heavy (non-hydrogen) atoms. The van der Waals surface area contributed by atoms with Gasteiger partial charge in [-0.05, 0) is 43.3 Å². The molecule has 0 heterocycles. The second kappa shape index (κ2) is 8.73. The van der Waals surface area contributed by atoms with Crippen molar-refractivity contribution in [3.05, 3.63) is 54.1 Å². The van der Waals surface area contributed by atoms with Crippen LogP contribution >= 0.6 is 0 Å². The molecule has 2 N–H and O–H groups in total. The van der Waals surface area contributed by atoms with E-state index in [2.05, 4.69) is 10.6 Å². The molecule has 2 rings (SSSR count). The molecule has 0 radical (unpaired) electrons. The highest BCUT2D eigenvalue weighted by Gasteiger charge is 2.12. The summed E-state index contributed by atoms with van der Waals surface area (Å²) in [7, 11) is 3.38. The molecule has 0 aliphatic heterocycles. The number of hydrogen-bond acceptors (Lipinski definition) is 4. The number of nitrogens with zero attached hydrogens (tertiary/aromatic N) is 1. The third kappa shape index (κ3) is 5.24. The number of benzene rings is 2. The summed E-state index contributed by atoms with van der Waals surface area (Å²) in [4.78, 5) is 25.8. The lowest BCUT2D eigenvalue weighted by molar-refractivity contribution is -0.126. The van der Waals surface area contributed by atoms with Crippen molar-refractivity contribution in [3.63, 3.8) is 0 Å². The first kappa shape index (κ1) is 18.3. The number of para-hydroxylation sites is 1. The Labute approximate surface area is 147 Å². The lowest BCUT2D eigenvalue weighted by Crippen LogP contribution is -2.29. The molecule has 2 aromatic rings. The zero-order chi connectivity index (χ0) is 18.2. The molecule has 0 aliphatic carbocycles.